The Morgan fingerprint density at radius 3 is 2.42 bits per heavy atom. The molecule has 1 N–H and O–H groups in total. The second-order valence-electron chi connectivity index (χ2n) is 6.49. The zero-order chi connectivity index (χ0) is 18.3. The van der Waals surface area contributed by atoms with Crippen LogP contribution in [-0.4, -0.2) is 41.7 Å². The Hall–Kier alpha value is -2.86. The van der Waals surface area contributed by atoms with Crippen LogP contribution in [0.25, 0.3) is 17.0 Å². The molecule has 1 aromatic heterocycles. The molecule has 0 radical (unpaired) electrons. The summed E-state index contributed by atoms with van der Waals surface area (Å²) in [5, 5.41) is 10.7. The lowest BCUT2D eigenvalue weighted by molar-refractivity contribution is -0.141. The number of nitrogens with zero attached hydrogens (tertiary/aromatic N) is 1. The Balaban J connectivity index is 2.00. The van der Waals surface area contributed by atoms with Crippen molar-refractivity contribution in [2.24, 2.45) is 0 Å². The third-order valence-corrected chi connectivity index (χ3v) is 5.22. The molecule has 1 saturated heterocycles. The number of hydrogen-bond donors (Lipinski definition) is 1. The summed E-state index contributed by atoms with van der Waals surface area (Å²) in [6.07, 6.45) is 0.863. The zero-order valence-corrected chi connectivity index (χ0v) is 14.4. The van der Waals surface area contributed by atoms with E-state index in [9.17, 15) is 14.7 Å². The van der Waals surface area contributed by atoms with Crippen LogP contribution in [0.4, 0.5) is 0 Å². The van der Waals surface area contributed by atoms with Crippen molar-refractivity contribution in [1.82, 2.24) is 4.57 Å². The van der Waals surface area contributed by atoms with Crippen molar-refractivity contribution in [3.05, 3.63) is 53.7 Å². The van der Waals surface area contributed by atoms with Crippen LogP contribution in [0.1, 0.15) is 18.5 Å². The summed E-state index contributed by atoms with van der Waals surface area (Å²) in [5.74, 6) is -1.56. The molecule has 6 nitrogen and oxygen atoms in total. The van der Waals surface area contributed by atoms with Crippen molar-refractivity contribution < 1.29 is 24.2 Å². The van der Waals surface area contributed by atoms with Gasteiger partial charge in [0.15, 0.2) is 11.5 Å². The van der Waals surface area contributed by atoms with Crippen molar-refractivity contribution >= 4 is 17.5 Å². The van der Waals surface area contributed by atoms with Crippen LogP contribution >= 0.6 is 0 Å². The van der Waals surface area contributed by atoms with Gasteiger partial charge in [-0.15, -0.1) is 0 Å². The lowest BCUT2D eigenvalue weighted by Gasteiger charge is -2.42. The first kappa shape index (κ1) is 16.6. The average Bonchev–Trinajstić information content (AvgIpc) is 3.14. The van der Waals surface area contributed by atoms with E-state index in [1.165, 1.54) is 7.11 Å². The Morgan fingerprint density at radius 2 is 1.77 bits per heavy atom. The number of hydrogen-bond acceptors (Lipinski definition) is 5. The Morgan fingerprint density at radius 1 is 1.12 bits per heavy atom. The number of benzene rings is 1. The molecule has 0 amide bonds. The van der Waals surface area contributed by atoms with Crippen LogP contribution in [-0.2, 0) is 24.6 Å². The van der Waals surface area contributed by atoms with Gasteiger partial charge in [0.2, 0.25) is 0 Å². The van der Waals surface area contributed by atoms with Gasteiger partial charge in [-0.1, -0.05) is 30.3 Å². The highest BCUT2D eigenvalue weighted by Gasteiger charge is 2.51. The number of aliphatic hydroxyl groups excluding tert-OH is 1. The van der Waals surface area contributed by atoms with E-state index in [-0.39, 0.29) is 11.3 Å². The molecule has 2 aromatic rings. The summed E-state index contributed by atoms with van der Waals surface area (Å²) < 4.78 is 12.1. The third-order valence-electron chi connectivity index (χ3n) is 5.22. The Bertz CT molecular complexity index is 904. The van der Waals surface area contributed by atoms with E-state index in [2.05, 4.69) is 0 Å². The largest absolute Gasteiger partial charge is 0.505 e. The van der Waals surface area contributed by atoms with Crippen LogP contribution in [0.2, 0.25) is 0 Å². The lowest BCUT2D eigenvalue weighted by Crippen LogP contribution is -2.51. The number of esters is 1. The van der Waals surface area contributed by atoms with E-state index in [0.717, 1.165) is 11.3 Å². The molecule has 0 unspecified atom stereocenters. The highest BCUT2D eigenvalue weighted by atomic mass is 16.5. The fourth-order valence-corrected chi connectivity index (χ4v) is 3.94. The quantitative estimate of drug-likeness (QED) is 0.663. The van der Waals surface area contributed by atoms with Crippen LogP contribution in [0, 0.1) is 0 Å². The van der Waals surface area contributed by atoms with Crippen molar-refractivity contribution in [1.29, 1.82) is 0 Å². The second kappa shape index (κ2) is 6.14. The molecule has 3 heterocycles. The minimum atomic E-state index is -0.960. The first-order valence-corrected chi connectivity index (χ1v) is 8.52. The predicted molar refractivity (Wildman–Crippen MR) is 94.5 cm³/mol. The number of aromatic nitrogens is 1. The molecular weight excluding hydrogens is 334 g/mol. The monoisotopic (exact) mass is 353 g/mol. The van der Waals surface area contributed by atoms with Crippen molar-refractivity contribution in [2.75, 3.05) is 20.3 Å². The smallest absolute Gasteiger partial charge is 0.345 e. The van der Waals surface area contributed by atoms with Gasteiger partial charge in [-0.25, -0.2) is 4.79 Å². The summed E-state index contributed by atoms with van der Waals surface area (Å²) in [6.45, 7) is 0.819. The van der Waals surface area contributed by atoms with Gasteiger partial charge in [0, 0.05) is 31.7 Å². The number of carbonyl (C=O) groups excluding carboxylic acids is 2. The van der Waals surface area contributed by atoms with Gasteiger partial charge in [-0.3, -0.25) is 4.79 Å². The van der Waals surface area contributed by atoms with Gasteiger partial charge in [-0.2, -0.15) is 0 Å². The topological polar surface area (TPSA) is 77.8 Å². The fraction of sp³-hybridized carbons (Fsp3) is 0.300. The molecule has 0 bridgehead atoms. The Kier molecular flexibility index (Phi) is 3.92. The number of aliphatic hydroxyl groups is 1. The average molecular weight is 353 g/mol. The number of rotatable bonds is 2. The van der Waals surface area contributed by atoms with Crippen LogP contribution in [0.3, 0.4) is 0 Å². The normalized spacial score (nSPS) is 18.7. The third kappa shape index (κ3) is 2.22. The summed E-state index contributed by atoms with van der Waals surface area (Å²) in [4.78, 5) is 25.6. The minimum Gasteiger partial charge on any atom is -0.505 e. The van der Waals surface area contributed by atoms with E-state index >= 15 is 0 Å². The maximum Gasteiger partial charge on any atom is 0.345 e. The van der Waals surface area contributed by atoms with Crippen LogP contribution in [0.5, 0.6) is 0 Å². The van der Waals surface area contributed by atoms with E-state index < -0.39 is 17.3 Å². The molecule has 4 rings (SSSR count). The SMILES string of the molecule is COC(=O)C1=C(O)c2ccc(-c3ccccc3)n2C2(CCOCC2)C1=O. The summed E-state index contributed by atoms with van der Waals surface area (Å²) in [5.41, 5.74) is 0.973. The van der Waals surface area contributed by atoms with Gasteiger partial charge in [0.05, 0.1) is 12.8 Å². The van der Waals surface area contributed by atoms with Gasteiger partial charge < -0.3 is 19.1 Å². The van der Waals surface area contributed by atoms with Crippen LogP contribution in [0.15, 0.2) is 48.0 Å². The van der Waals surface area contributed by atoms with E-state index in [4.69, 9.17) is 9.47 Å². The summed E-state index contributed by atoms with van der Waals surface area (Å²) in [6, 6.07) is 13.3. The molecule has 1 fully saturated rings. The molecule has 2 aliphatic rings. The fourth-order valence-electron chi connectivity index (χ4n) is 3.94. The molecule has 0 aliphatic carbocycles. The van der Waals surface area contributed by atoms with Gasteiger partial charge >= 0.3 is 5.97 Å². The number of methoxy groups -OCH3 is 1. The van der Waals surface area contributed by atoms with Crippen LogP contribution < -0.4 is 0 Å². The maximum atomic E-state index is 13.4. The van der Waals surface area contributed by atoms with Gasteiger partial charge in [0.1, 0.15) is 11.1 Å². The first-order valence-electron chi connectivity index (χ1n) is 8.52. The zero-order valence-electron chi connectivity index (χ0n) is 14.4. The first-order chi connectivity index (χ1) is 12.6. The molecule has 2 aliphatic heterocycles. The molecule has 1 spiro atoms. The highest BCUT2D eigenvalue weighted by molar-refractivity contribution is 6.25. The Labute approximate surface area is 150 Å². The number of fused-ring (bicyclic) bond motifs is 2. The standard InChI is InChI=1S/C20H19NO5/c1-25-19(24)16-17(22)15-8-7-14(13-5-3-2-4-6-13)21(15)20(18(16)23)9-11-26-12-10-20/h2-8,22H,9-12H2,1H3. The lowest BCUT2D eigenvalue weighted by atomic mass is 9.78. The summed E-state index contributed by atoms with van der Waals surface area (Å²) >= 11 is 0. The molecule has 6 heteroatoms. The number of ether oxygens (including phenoxy) is 2. The van der Waals surface area contributed by atoms with Crippen molar-refractivity contribution in [3.8, 4) is 11.3 Å². The summed E-state index contributed by atoms with van der Waals surface area (Å²) in [7, 11) is 1.20. The minimum absolute atomic E-state index is 0.278. The maximum absolute atomic E-state index is 13.4. The molecular formula is C20H19NO5. The van der Waals surface area contributed by atoms with E-state index in [0.29, 0.717) is 31.7 Å². The number of Topliss-reactive ketones (excluding diaryl/α,β-unsaturated/α-hetero) is 1. The molecule has 134 valence electrons. The van der Waals surface area contributed by atoms with Gasteiger partial charge in [0.25, 0.3) is 0 Å². The van der Waals surface area contributed by atoms with Gasteiger partial charge in [-0.05, 0) is 17.7 Å². The predicted octanol–water partition coefficient (Wildman–Crippen LogP) is 2.69. The molecule has 1 aromatic carbocycles. The van der Waals surface area contributed by atoms with E-state index in [1.807, 2.05) is 41.0 Å². The highest BCUT2D eigenvalue weighted by Crippen LogP contribution is 2.44. The number of ketones is 1. The second-order valence-corrected chi connectivity index (χ2v) is 6.49. The van der Waals surface area contributed by atoms with E-state index in [1.54, 1.807) is 6.07 Å². The molecule has 26 heavy (non-hydrogen) atoms. The molecule has 0 saturated carbocycles. The molecule has 0 atom stereocenters. The van der Waals surface area contributed by atoms with Crippen molar-refractivity contribution in [2.45, 2.75) is 18.4 Å². The van der Waals surface area contributed by atoms with Crippen molar-refractivity contribution in [3.63, 3.8) is 0 Å². The number of carbonyl (C=O) groups is 2.